The van der Waals surface area contributed by atoms with Crippen LogP contribution >= 0.6 is 0 Å². The summed E-state index contributed by atoms with van der Waals surface area (Å²) in [7, 11) is 4.04. The summed E-state index contributed by atoms with van der Waals surface area (Å²) in [6.45, 7) is 6.11. The third kappa shape index (κ3) is 6.84. The van der Waals surface area contributed by atoms with E-state index in [2.05, 4.69) is 10.2 Å². The molecule has 1 amide bonds. The maximum absolute atomic E-state index is 12.7. The van der Waals surface area contributed by atoms with Gasteiger partial charge in [0.25, 0.3) is 5.91 Å². The molecular weight excluding hydrogens is 300 g/mol. The highest BCUT2D eigenvalue weighted by atomic mass is 16.2. The highest BCUT2D eigenvalue weighted by Crippen LogP contribution is 2.12. The molecule has 5 nitrogen and oxygen atoms in total. The fraction of sp³-hybridized carbons (Fsp3) is 0.474. The van der Waals surface area contributed by atoms with E-state index in [1.54, 1.807) is 11.1 Å². The standard InChI is InChI=1S/C19H28N4O/c1-16(2)23(15-17-9-6-5-7-10-17)19(24)18(13-20)14-21-11-8-12-22(3)4/h5-7,9-10,14,16,21H,8,11-12,15H2,1-4H3/b18-14-. The Morgan fingerprint density at radius 2 is 1.96 bits per heavy atom. The SMILES string of the molecule is CC(C)N(Cc1ccccc1)C(=O)/C(C#N)=C\NCCCN(C)C. The van der Waals surface area contributed by atoms with E-state index in [-0.39, 0.29) is 17.5 Å². The van der Waals surface area contributed by atoms with E-state index in [0.29, 0.717) is 6.54 Å². The molecule has 0 atom stereocenters. The van der Waals surface area contributed by atoms with Crippen molar-refractivity contribution in [3.63, 3.8) is 0 Å². The third-order valence-electron chi connectivity index (χ3n) is 3.60. The number of hydrogen-bond donors (Lipinski definition) is 1. The van der Waals surface area contributed by atoms with Gasteiger partial charge >= 0.3 is 0 Å². The van der Waals surface area contributed by atoms with E-state index in [1.165, 1.54) is 0 Å². The lowest BCUT2D eigenvalue weighted by Crippen LogP contribution is -2.37. The van der Waals surface area contributed by atoms with E-state index < -0.39 is 0 Å². The van der Waals surface area contributed by atoms with Gasteiger partial charge in [0.05, 0.1) is 0 Å². The monoisotopic (exact) mass is 328 g/mol. The summed E-state index contributed by atoms with van der Waals surface area (Å²) in [4.78, 5) is 16.5. The van der Waals surface area contributed by atoms with Gasteiger partial charge in [-0.3, -0.25) is 4.79 Å². The van der Waals surface area contributed by atoms with Crippen LogP contribution in [0.4, 0.5) is 0 Å². The van der Waals surface area contributed by atoms with E-state index in [1.807, 2.05) is 64.3 Å². The second kappa shape index (κ2) is 10.5. The number of carbonyl (C=O) groups excluding carboxylic acids is 1. The normalized spacial score (nSPS) is 11.5. The lowest BCUT2D eigenvalue weighted by Gasteiger charge is -2.26. The summed E-state index contributed by atoms with van der Waals surface area (Å²) in [5.41, 5.74) is 1.19. The van der Waals surface area contributed by atoms with Crippen LogP contribution in [0.25, 0.3) is 0 Å². The molecular formula is C19H28N4O. The van der Waals surface area contributed by atoms with Crippen LogP contribution in [0.3, 0.4) is 0 Å². The van der Waals surface area contributed by atoms with Crippen LogP contribution in [0, 0.1) is 11.3 Å². The summed E-state index contributed by atoms with van der Waals surface area (Å²) in [6, 6.07) is 11.9. The molecule has 0 bridgehead atoms. The minimum absolute atomic E-state index is 0.0168. The van der Waals surface area contributed by atoms with E-state index >= 15 is 0 Å². The summed E-state index contributed by atoms with van der Waals surface area (Å²) in [6.07, 6.45) is 2.49. The molecule has 0 radical (unpaired) electrons. The molecule has 0 saturated heterocycles. The Balaban J connectivity index is 2.71. The van der Waals surface area contributed by atoms with E-state index in [4.69, 9.17) is 0 Å². The van der Waals surface area contributed by atoms with Gasteiger partial charge in [0, 0.05) is 25.3 Å². The van der Waals surface area contributed by atoms with Crippen molar-refractivity contribution in [3.8, 4) is 6.07 Å². The maximum Gasteiger partial charge on any atom is 0.266 e. The highest BCUT2D eigenvalue weighted by Gasteiger charge is 2.21. The molecule has 0 aliphatic heterocycles. The lowest BCUT2D eigenvalue weighted by molar-refractivity contribution is -0.129. The molecule has 0 heterocycles. The van der Waals surface area contributed by atoms with Crippen molar-refractivity contribution >= 4 is 5.91 Å². The fourth-order valence-electron chi connectivity index (χ4n) is 2.24. The number of nitrogens with zero attached hydrogens (tertiary/aromatic N) is 3. The topological polar surface area (TPSA) is 59.4 Å². The maximum atomic E-state index is 12.7. The zero-order chi connectivity index (χ0) is 17.9. The van der Waals surface area contributed by atoms with Crippen molar-refractivity contribution in [1.82, 2.24) is 15.1 Å². The van der Waals surface area contributed by atoms with Crippen LogP contribution in [-0.2, 0) is 11.3 Å². The molecule has 5 heteroatoms. The van der Waals surface area contributed by atoms with Gasteiger partial charge in [0.1, 0.15) is 11.6 Å². The molecule has 130 valence electrons. The third-order valence-corrected chi connectivity index (χ3v) is 3.60. The first-order valence-corrected chi connectivity index (χ1v) is 8.29. The van der Waals surface area contributed by atoms with E-state index in [0.717, 1.165) is 25.1 Å². The predicted octanol–water partition coefficient (Wildman–Crippen LogP) is 2.37. The Labute approximate surface area is 145 Å². The zero-order valence-electron chi connectivity index (χ0n) is 15.1. The van der Waals surface area contributed by atoms with Gasteiger partial charge in [-0.05, 0) is 46.5 Å². The molecule has 0 aliphatic carbocycles. The molecule has 0 aliphatic rings. The van der Waals surface area contributed by atoms with Crippen molar-refractivity contribution in [3.05, 3.63) is 47.7 Å². The quantitative estimate of drug-likeness (QED) is 0.429. The molecule has 0 aromatic heterocycles. The van der Waals surface area contributed by atoms with Gasteiger partial charge in [-0.1, -0.05) is 30.3 Å². The van der Waals surface area contributed by atoms with Crippen molar-refractivity contribution in [1.29, 1.82) is 5.26 Å². The average Bonchev–Trinajstić information content (AvgIpc) is 2.56. The van der Waals surface area contributed by atoms with Crippen LogP contribution < -0.4 is 5.32 Å². The fourth-order valence-corrected chi connectivity index (χ4v) is 2.24. The second-order valence-electron chi connectivity index (χ2n) is 6.29. The number of nitriles is 1. The molecule has 1 N–H and O–H groups in total. The van der Waals surface area contributed by atoms with E-state index in [9.17, 15) is 10.1 Å². The number of nitrogens with one attached hydrogen (secondary N) is 1. The molecule has 0 saturated carbocycles. The number of carbonyl (C=O) groups is 1. The van der Waals surface area contributed by atoms with Crippen LogP contribution in [0.15, 0.2) is 42.1 Å². The number of rotatable bonds is 9. The summed E-state index contributed by atoms with van der Waals surface area (Å²) >= 11 is 0. The molecule has 24 heavy (non-hydrogen) atoms. The second-order valence-corrected chi connectivity index (χ2v) is 6.29. The highest BCUT2D eigenvalue weighted by molar-refractivity contribution is 5.97. The van der Waals surface area contributed by atoms with Crippen LogP contribution in [0.1, 0.15) is 25.8 Å². The number of benzene rings is 1. The molecule has 1 rings (SSSR count). The van der Waals surface area contributed by atoms with Crippen LogP contribution in [0.5, 0.6) is 0 Å². The summed E-state index contributed by atoms with van der Waals surface area (Å²) in [5, 5.41) is 12.4. The Morgan fingerprint density at radius 1 is 1.29 bits per heavy atom. The van der Waals surface area contributed by atoms with Gasteiger partial charge in [0.2, 0.25) is 0 Å². The minimum atomic E-state index is -0.239. The van der Waals surface area contributed by atoms with Crippen molar-refractivity contribution in [2.24, 2.45) is 0 Å². The van der Waals surface area contributed by atoms with Crippen LogP contribution in [-0.4, -0.2) is 48.9 Å². The molecule has 0 unspecified atom stereocenters. The van der Waals surface area contributed by atoms with Gasteiger partial charge in [0.15, 0.2) is 0 Å². The molecule has 0 spiro atoms. The summed E-state index contributed by atoms with van der Waals surface area (Å²) in [5.74, 6) is -0.239. The zero-order valence-corrected chi connectivity index (χ0v) is 15.1. The van der Waals surface area contributed by atoms with Gasteiger partial charge in [-0.25, -0.2) is 0 Å². The van der Waals surface area contributed by atoms with Crippen molar-refractivity contribution < 1.29 is 4.79 Å². The number of hydrogen-bond acceptors (Lipinski definition) is 4. The summed E-state index contributed by atoms with van der Waals surface area (Å²) < 4.78 is 0. The molecule has 1 aromatic carbocycles. The predicted molar refractivity (Wildman–Crippen MR) is 97.0 cm³/mol. The minimum Gasteiger partial charge on any atom is -0.390 e. The Kier molecular flexibility index (Phi) is 8.59. The van der Waals surface area contributed by atoms with Gasteiger partial charge < -0.3 is 15.1 Å². The average molecular weight is 328 g/mol. The van der Waals surface area contributed by atoms with Gasteiger partial charge in [-0.15, -0.1) is 0 Å². The van der Waals surface area contributed by atoms with Crippen molar-refractivity contribution in [2.75, 3.05) is 27.2 Å². The molecule has 0 fully saturated rings. The van der Waals surface area contributed by atoms with Gasteiger partial charge in [-0.2, -0.15) is 5.26 Å². The first kappa shape index (κ1) is 19.7. The largest absolute Gasteiger partial charge is 0.390 e. The molecule has 1 aromatic rings. The first-order chi connectivity index (χ1) is 11.5. The Bertz CT molecular complexity index is 573. The number of amides is 1. The Hall–Kier alpha value is -2.32. The van der Waals surface area contributed by atoms with Crippen LogP contribution in [0.2, 0.25) is 0 Å². The Morgan fingerprint density at radius 3 is 2.50 bits per heavy atom. The van der Waals surface area contributed by atoms with Crippen molar-refractivity contribution in [2.45, 2.75) is 32.9 Å². The first-order valence-electron chi connectivity index (χ1n) is 8.29. The smallest absolute Gasteiger partial charge is 0.266 e. The lowest BCUT2D eigenvalue weighted by atomic mass is 10.1.